The van der Waals surface area contributed by atoms with Crippen molar-refractivity contribution in [1.29, 1.82) is 0 Å². The van der Waals surface area contributed by atoms with Crippen LogP contribution in [0, 0.1) is 29.1 Å². The first-order chi connectivity index (χ1) is 18.3. The van der Waals surface area contributed by atoms with Gasteiger partial charge in [0.05, 0.1) is 6.42 Å². The van der Waals surface area contributed by atoms with E-state index < -0.39 is 47.2 Å². The smallest absolute Gasteiger partial charge is 0.315 e. The van der Waals surface area contributed by atoms with Crippen LogP contribution in [-0.2, 0) is 17.8 Å². The van der Waals surface area contributed by atoms with Crippen LogP contribution < -0.4 is 9.47 Å². The van der Waals surface area contributed by atoms with E-state index in [1.54, 1.807) is 30.3 Å². The Hall–Kier alpha value is -4.89. The number of carbonyl (C=O) groups is 1. The normalized spacial score (nSPS) is 10.6. The zero-order valence-corrected chi connectivity index (χ0v) is 19.3. The second-order valence-electron chi connectivity index (χ2n) is 7.85. The van der Waals surface area contributed by atoms with Crippen LogP contribution in [0.25, 0.3) is 21.6 Å². The van der Waals surface area contributed by atoms with Gasteiger partial charge in [0.15, 0.2) is 0 Å². The number of hydrogen-bond donors (Lipinski definition) is 0. The summed E-state index contributed by atoms with van der Waals surface area (Å²) in [7, 11) is 0. The zero-order chi connectivity index (χ0) is 27.2. The van der Waals surface area contributed by atoms with E-state index in [-0.39, 0.29) is 17.9 Å². The molecule has 0 bridgehead atoms. The number of carbonyl (C=O) groups excluding carboxylic acids is 1. The predicted octanol–water partition coefficient (Wildman–Crippen LogP) is 7.72. The molecule has 0 spiro atoms. The van der Waals surface area contributed by atoms with E-state index in [2.05, 4.69) is 14.8 Å². The van der Waals surface area contributed by atoms with Crippen molar-refractivity contribution in [3.05, 3.63) is 123 Å². The maximum Gasteiger partial charge on any atom is 0.315 e. The monoisotopic (exact) mass is 525 g/mol. The lowest BCUT2D eigenvalue weighted by molar-refractivity contribution is -0.134. The van der Waals surface area contributed by atoms with Crippen molar-refractivity contribution in [2.45, 2.75) is 13.0 Å². The maximum atomic E-state index is 14.0. The first-order valence-electron chi connectivity index (χ1n) is 11.0. The molecule has 6 nitrogen and oxygen atoms in total. The number of halogens is 5. The zero-order valence-electron chi connectivity index (χ0n) is 19.3. The van der Waals surface area contributed by atoms with Crippen LogP contribution in [0.5, 0.6) is 11.5 Å². The van der Waals surface area contributed by atoms with Gasteiger partial charge in [-0.1, -0.05) is 59.7 Å². The summed E-state index contributed by atoms with van der Waals surface area (Å²) >= 11 is 0. The number of esters is 1. The lowest BCUT2D eigenvalue weighted by Gasteiger charge is -2.14. The first-order valence-corrected chi connectivity index (χ1v) is 11.0. The number of ether oxygens (including phenoxy) is 2. The van der Waals surface area contributed by atoms with Gasteiger partial charge in [0.25, 0.3) is 0 Å². The third-order valence-corrected chi connectivity index (χ3v) is 5.40. The Morgan fingerprint density at radius 1 is 0.789 bits per heavy atom. The quantitative estimate of drug-likeness (QED) is 0.0345. The van der Waals surface area contributed by atoms with Crippen molar-refractivity contribution in [2.24, 2.45) is 5.11 Å². The van der Waals surface area contributed by atoms with Crippen molar-refractivity contribution in [1.82, 2.24) is 0 Å². The molecule has 11 heteroatoms. The minimum absolute atomic E-state index is 0.195. The molecule has 4 rings (SSSR count). The van der Waals surface area contributed by atoms with Gasteiger partial charge in [-0.3, -0.25) is 4.79 Å². The van der Waals surface area contributed by atoms with Crippen molar-refractivity contribution in [3.8, 4) is 22.6 Å². The molecule has 4 aromatic rings. The number of benzene rings is 4. The molecule has 0 heterocycles. The fourth-order valence-corrected chi connectivity index (χ4v) is 3.61. The van der Waals surface area contributed by atoms with Gasteiger partial charge in [-0.15, -0.1) is 0 Å². The van der Waals surface area contributed by atoms with Crippen LogP contribution in [0.1, 0.15) is 11.1 Å². The largest absolute Gasteiger partial charge is 0.489 e. The molecule has 38 heavy (non-hydrogen) atoms. The summed E-state index contributed by atoms with van der Waals surface area (Å²) in [5, 5.41) is 3.67. The Morgan fingerprint density at radius 3 is 2.11 bits per heavy atom. The van der Waals surface area contributed by atoms with E-state index in [4.69, 9.17) is 10.3 Å². The highest BCUT2D eigenvalue weighted by molar-refractivity contribution is 5.84. The van der Waals surface area contributed by atoms with E-state index in [0.717, 1.165) is 5.56 Å². The Kier molecular flexibility index (Phi) is 7.88. The third-order valence-electron chi connectivity index (χ3n) is 5.40. The van der Waals surface area contributed by atoms with Crippen LogP contribution in [0.2, 0.25) is 0 Å². The molecule has 0 amide bonds. The van der Waals surface area contributed by atoms with Crippen molar-refractivity contribution < 1.29 is 36.2 Å². The van der Waals surface area contributed by atoms with Gasteiger partial charge >= 0.3 is 5.97 Å². The molecule has 0 saturated carbocycles. The minimum atomic E-state index is -2.37. The lowest BCUT2D eigenvalue weighted by Crippen LogP contribution is -2.16. The SMILES string of the molecule is [N-]=[N+]=Nc1ccc(OCc2ccccc2)cc1-c1ccccc1CC(=O)Oc1c(F)c(F)c(F)c(F)c1F. The fraction of sp³-hybridized carbons (Fsp3) is 0.0741. The maximum absolute atomic E-state index is 14.0. The molecule has 4 aromatic carbocycles. The summed E-state index contributed by atoms with van der Waals surface area (Å²) in [6, 6.07) is 20.3. The standard InChI is InChI=1S/C27H16F5N3O3/c28-22-23(29)25(31)27(26(32)24(22)30)38-21(36)12-16-8-4-5-9-18(16)19-13-17(10-11-20(19)34-35-33)37-14-15-6-2-1-3-7-15/h1-11,13H,12,14H2. The Labute approximate surface area is 212 Å². The van der Waals surface area contributed by atoms with Crippen LogP contribution in [0.15, 0.2) is 77.9 Å². The minimum Gasteiger partial charge on any atom is -0.489 e. The molecule has 0 N–H and O–H groups in total. The van der Waals surface area contributed by atoms with E-state index >= 15 is 0 Å². The molecule has 0 radical (unpaired) electrons. The topological polar surface area (TPSA) is 84.3 Å². The summed E-state index contributed by atoms with van der Waals surface area (Å²) in [6.45, 7) is 0.247. The molecule has 0 saturated heterocycles. The van der Waals surface area contributed by atoms with Crippen molar-refractivity contribution in [3.63, 3.8) is 0 Å². The van der Waals surface area contributed by atoms with E-state index in [0.29, 0.717) is 16.9 Å². The van der Waals surface area contributed by atoms with Crippen LogP contribution in [0.4, 0.5) is 27.6 Å². The molecular weight excluding hydrogens is 509 g/mol. The van der Waals surface area contributed by atoms with Crippen LogP contribution in [-0.4, -0.2) is 5.97 Å². The third kappa shape index (κ3) is 5.58. The number of rotatable bonds is 8. The number of azide groups is 1. The van der Waals surface area contributed by atoms with E-state index in [1.165, 1.54) is 12.1 Å². The lowest BCUT2D eigenvalue weighted by atomic mass is 9.96. The highest BCUT2D eigenvalue weighted by atomic mass is 19.2. The second-order valence-corrected chi connectivity index (χ2v) is 7.85. The molecule has 0 aromatic heterocycles. The average Bonchev–Trinajstić information content (AvgIpc) is 2.93. The first kappa shape index (κ1) is 26.2. The average molecular weight is 525 g/mol. The molecular formula is C27H16F5N3O3. The van der Waals surface area contributed by atoms with Gasteiger partial charge in [0.2, 0.25) is 34.8 Å². The number of nitrogens with zero attached hydrogens (tertiary/aromatic N) is 3. The Morgan fingerprint density at radius 2 is 1.42 bits per heavy atom. The van der Waals surface area contributed by atoms with Gasteiger partial charge in [-0.25, -0.2) is 13.2 Å². The molecule has 0 fully saturated rings. The summed E-state index contributed by atoms with van der Waals surface area (Å²) < 4.78 is 78.6. The Balaban J connectivity index is 1.64. The summed E-state index contributed by atoms with van der Waals surface area (Å²) in [5.41, 5.74) is 11.1. The van der Waals surface area contributed by atoms with Gasteiger partial charge in [-0.2, -0.15) is 8.78 Å². The molecule has 0 unspecified atom stereocenters. The predicted molar refractivity (Wildman–Crippen MR) is 127 cm³/mol. The summed E-state index contributed by atoms with van der Waals surface area (Å²) in [4.78, 5) is 15.3. The van der Waals surface area contributed by atoms with Gasteiger partial charge in [-0.05, 0) is 46.0 Å². The van der Waals surface area contributed by atoms with Crippen LogP contribution >= 0.6 is 0 Å². The summed E-state index contributed by atoms with van der Waals surface area (Å²) in [5.74, 6) is -14.0. The van der Waals surface area contributed by atoms with Crippen molar-refractivity contribution >= 4 is 11.7 Å². The molecule has 0 aliphatic carbocycles. The molecule has 192 valence electrons. The highest BCUT2D eigenvalue weighted by Gasteiger charge is 2.28. The van der Waals surface area contributed by atoms with Crippen LogP contribution in [0.3, 0.4) is 0 Å². The number of hydrogen-bond acceptors (Lipinski definition) is 4. The molecule has 0 aliphatic heterocycles. The second kappa shape index (κ2) is 11.4. The summed E-state index contributed by atoms with van der Waals surface area (Å²) in [6.07, 6.45) is -0.611. The van der Waals surface area contributed by atoms with E-state index in [1.807, 2.05) is 30.3 Å². The molecule has 0 atom stereocenters. The molecule has 0 aliphatic rings. The highest BCUT2D eigenvalue weighted by Crippen LogP contribution is 2.37. The van der Waals surface area contributed by atoms with E-state index in [9.17, 15) is 26.7 Å². The van der Waals surface area contributed by atoms with Gasteiger partial charge < -0.3 is 9.47 Å². The van der Waals surface area contributed by atoms with Crippen molar-refractivity contribution in [2.75, 3.05) is 0 Å². The fourth-order valence-electron chi connectivity index (χ4n) is 3.61. The van der Waals surface area contributed by atoms with Gasteiger partial charge in [0.1, 0.15) is 12.4 Å². The van der Waals surface area contributed by atoms with Gasteiger partial charge in [0, 0.05) is 10.6 Å². The Bertz CT molecular complexity index is 1530.